The van der Waals surface area contributed by atoms with E-state index in [0.29, 0.717) is 6.04 Å². The smallest absolute Gasteiger partial charge is 0.226 e. The molecule has 18 heavy (non-hydrogen) atoms. The maximum absolute atomic E-state index is 12.4. The largest absolute Gasteiger partial charge is 0.353 e. The summed E-state index contributed by atoms with van der Waals surface area (Å²) in [6.45, 7) is 4.07. The van der Waals surface area contributed by atoms with E-state index in [4.69, 9.17) is 0 Å². The number of amides is 1. The molecule has 2 N–H and O–H groups in total. The van der Waals surface area contributed by atoms with Crippen LogP contribution in [0, 0.1) is 5.41 Å². The molecule has 0 radical (unpaired) electrons. The Labute approximate surface area is 115 Å². The topological polar surface area (TPSA) is 41.1 Å². The number of carbonyl (C=O) groups excluding carboxylic acids is 1. The highest BCUT2D eigenvalue weighted by Crippen LogP contribution is 2.31. The van der Waals surface area contributed by atoms with Gasteiger partial charge in [-0.3, -0.25) is 4.79 Å². The van der Waals surface area contributed by atoms with Crippen molar-refractivity contribution in [1.82, 2.24) is 10.6 Å². The van der Waals surface area contributed by atoms with E-state index in [-0.39, 0.29) is 11.3 Å². The number of carbonyl (C=O) groups is 1. The summed E-state index contributed by atoms with van der Waals surface area (Å²) in [4.78, 5) is 12.4. The highest BCUT2D eigenvalue weighted by atomic mass is 32.2. The fourth-order valence-electron chi connectivity index (χ4n) is 3.06. The van der Waals surface area contributed by atoms with Crippen LogP contribution in [0.1, 0.15) is 45.4 Å². The van der Waals surface area contributed by atoms with E-state index in [1.165, 1.54) is 12.8 Å². The SMILES string of the molecule is CSC1CCCC(NC(=O)C2(C)CCNCC2)C1. The van der Waals surface area contributed by atoms with Crippen LogP contribution in [0.25, 0.3) is 0 Å². The molecule has 0 spiro atoms. The van der Waals surface area contributed by atoms with Crippen LogP contribution in [0.4, 0.5) is 0 Å². The standard InChI is InChI=1S/C14H26N2OS/c1-14(6-8-15-9-7-14)13(17)16-11-4-3-5-12(10-11)18-2/h11-12,15H,3-10H2,1-2H3,(H,16,17). The molecule has 2 atom stereocenters. The summed E-state index contributed by atoms with van der Waals surface area (Å²) in [5.74, 6) is 0.288. The summed E-state index contributed by atoms with van der Waals surface area (Å²) in [7, 11) is 0. The number of hydrogen-bond donors (Lipinski definition) is 2. The number of hydrogen-bond acceptors (Lipinski definition) is 3. The summed E-state index contributed by atoms with van der Waals surface area (Å²) in [6.07, 6.45) is 9.01. The molecule has 1 aliphatic carbocycles. The predicted molar refractivity (Wildman–Crippen MR) is 77.9 cm³/mol. The van der Waals surface area contributed by atoms with Gasteiger partial charge in [0.25, 0.3) is 0 Å². The Balaban J connectivity index is 1.86. The molecular formula is C14H26N2OS. The number of piperidine rings is 1. The highest BCUT2D eigenvalue weighted by Gasteiger charge is 2.36. The second kappa shape index (κ2) is 6.29. The van der Waals surface area contributed by atoms with Crippen LogP contribution in [0.15, 0.2) is 0 Å². The lowest BCUT2D eigenvalue weighted by molar-refractivity contribution is -0.132. The first kappa shape index (κ1) is 14.2. The minimum atomic E-state index is -0.141. The average molecular weight is 270 g/mol. The third kappa shape index (κ3) is 3.41. The first-order chi connectivity index (χ1) is 8.64. The lowest BCUT2D eigenvalue weighted by Gasteiger charge is -2.36. The van der Waals surface area contributed by atoms with Crippen molar-refractivity contribution in [3.8, 4) is 0 Å². The lowest BCUT2D eigenvalue weighted by atomic mass is 9.79. The van der Waals surface area contributed by atoms with Crippen LogP contribution in [-0.2, 0) is 4.79 Å². The first-order valence-electron chi connectivity index (χ1n) is 7.18. The van der Waals surface area contributed by atoms with Crippen molar-refractivity contribution in [2.24, 2.45) is 5.41 Å². The van der Waals surface area contributed by atoms with E-state index < -0.39 is 0 Å². The van der Waals surface area contributed by atoms with Crippen molar-refractivity contribution >= 4 is 17.7 Å². The number of rotatable bonds is 3. The van der Waals surface area contributed by atoms with Gasteiger partial charge < -0.3 is 10.6 Å². The molecule has 1 amide bonds. The summed E-state index contributed by atoms with van der Waals surface area (Å²) in [5, 5.41) is 7.39. The van der Waals surface area contributed by atoms with Crippen LogP contribution in [0.2, 0.25) is 0 Å². The Kier molecular flexibility index (Phi) is 4.96. The van der Waals surface area contributed by atoms with Gasteiger partial charge in [-0.1, -0.05) is 13.3 Å². The molecule has 1 aliphatic heterocycles. The van der Waals surface area contributed by atoms with Gasteiger partial charge in [-0.05, 0) is 51.4 Å². The molecule has 2 rings (SSSR count). The van der Waals surface area contributed by atoms with Gasteiger partial charge in [0.15, 0.2) is 0 Å². The van der Waals surface area contributed by atoms with Crippen molar-refractivity contribution in [3.63, 3.8) is 0 Å². The third-order valence-electron chi connectivity index (χ3n) is 4.55. The molecule has 4 heteroatoms. The van der Waals surface area contributed by atoms with Crippen molar-refractivity contribution < 1.29 is 4.79 Å². The lowest BCUT2D eigenvalue weighted by Crippen LogP contribution is -2.49. The Morgan fingerprint density at radius 1 is 1.33 bits per heavy atom. The number of thioether (sulfide) groups is 1. The van der Waals surface area contributed by atoms with Gasteiger partial charge in [0, 0.05) is 16.7 Å². The third-order valence-corrected chi connectivity index (χ3v) is 5.64. The van der Waals surface area contributed by atoms with Gasteiger partial charge >= 0.3 is 0 Å². The average Bonchev–Trinajstić information content (AvgIpc) is 2.40. The normalized spacial score (nSPS) is 31.9. The van der Waals surface area contributed by atoms with E-state index in [1.807, 2.05) is 11.8 Å². The molecule has 0 aromatic rings. The van der Waals surface area contributed by atoms with Crippen LogP contribution >= 0.6 is 11.8 Å². The maximum atomic E-state index is 12.4. The Morgan fingerprint density at radius 3 is 2.72 bits per heavy atom. The van der Waals surface area contributed by atoms with E-state index in [1.54, 1.807) is 0 Å². The van der Waals surface area contributed by atoms with Gasteiger partial charge in [-0.2, -0.15) is 11.8 Å². The summed E-state index contributed by atoms with van der Waals surface area (Å²) in [5.41, 5.74) is -0.141. The Hall–Kier alpha value is -0.220. The molecule has 1 saturated carbocycles. The molecule has 0 aromatic heterocycles. The molecule has 0 aromatic carbocycles. The van der Waals surface area contributed by atoms with E-state index >= 15 is 0 Å². The first-order valence-corrected chi connectivity index (χ1v) is 8.47. The summed E-state index contributed by atoms with van der Waals surface area (Å²) < 4.78 is 0. The van der Waals surface area contributed by atoms with E-state index in [0.717, 1.165) is 44.0 Å². The van der Waals surface area contributed by atoms with E-state index in [2.05, 4.69) is 23.8 Å². The molecule has 2 unspecified atom stereocenters. The van der Waals surface area contributed by atoms with E-state index in [9.17, 15) is 4.79 Å². The molecule has 2 fully saturated rings. The molecule has 1 heterocycles. The van der Waals surface area contributed by atoms with Crippen molar-refractivity contribution in [2.45, 2.75) is 56.7 Å². The molecular weight excluding hydrogens is 244 g/mol. The van der Waals surface area contributed by atoms with Gasteiger partial charge in [0.05, 0.1) is 0 Å². The highest BCUT2D eigenvalue weighted by molar-refractivity contribution is 7.99. The molecule has 0 bridgehead atoms. The molecule has 1 saturated heterocycles. The monoisotopic (exact) mass is 270 g/mol. The number of nitrogens with one attached hydrogen (secondary N) is 2. The zero-order chi connectivity index (χ0) is 13.0. The quantitative estimate of drug-likeness (QED) is 0.826. The Morgan fingerprint density at radius 2 is 2.06 bits per heavy atom. The molecule has 2 aliphatic rings. The molecule has 104 valence electrons. The second-order valence-corrected chi connectivity index (χ2v) is 7.14. The summed E-state index contributed by atoms with van der Waals surface area (Å²) >= 11 is 1.95. The minimum absolute atomic E-state index is 0.141. The zero-order valence-corrected chi connectivity index (χ0v) is 12.4. The van der Waals surface area contributed by atoms with Crippen LogP contribution < -0.4 is 10.6 Å². The van der Waals surface area contributed by atoms with Crippen LogP contribution in [-0.4, -0.2) is 36.5 Å². The van der Waals surface area contributed by atoms with Gasteiger partial charge in [0.1, 0.15) is 0 Å². The zero-order valence-electron chi connectivity index (χ0n) is 11.6. The van der Waals surface area contributed by atoms with Gasteiger partial charge in [-0.25, -0.2) is 0 Å². The van der Waals surface area contributed by atoms with Crippen molar-refractivity contribution in [3.05, 3.63) is 0 Å². The van der Waals surface area contributed by atoms with Crippen LogP contribution in [0.5, 0.6) is 0 Å². The van der Waals surface area contributed by atoms with Crippen molar-refractivity contribution in [1.29, 1.82) is 0 Å². The van der Waals surface area contributed by atoms with Gasteiger partial charge in [-0.15, -0.1) is 0 Å². The van der Waals surface area contributed by atoms with Crippen LogP contribution in [0.3, 0.4) is 0 Å². The Bertz CT molecular complexity index is 290. The van der Waals surface area contributed by atoms with Gasteiger partial charge in [0.2, 0.25) is 5.91 Å². The molecule has 3 nitrogen and oxygen atoms in total. The fourth-order valence-corrected chi connectivity index (χ4v) is 3.88. The predicted octanol–water partition coefficient (Wildman–Crippen LogP) is 2.17. The summed E-state index contributed by atoms with van der Waals surface area (Å²) in [6, 6.07) is 0.412. The van der Waals surface area contributed by atoms with Crippen molar-refractivity contribution in [2.75, 3.05) is 19.3 Å². The minimum Gasteiger partial charge on any atom is -0.353 e. The maximum Gasteiger partial charge on any atom is 0.226 e. The fraction of sp³-hybridized carbons (Fsp3) is 0.929. The second-order valence-electron chi connectivity index (χ2n) is 6.01.